The molecule has 2 aromatic heterocycles. The van der Waals surface area contributed by atoms with Crippen LogP contribution >= 0.6 is 11.7 Å². The maximum Gasteiger partial charge on any atom is 0.223 e. The molecule has 3 rings (SSSR count). The second-order valence-corrected chi connectivity index (χ2v) is 7.44. The predicted molar refractivity (Wildman–Crippen MR) is 111 cm³/mol. The Kier molecular flexibility index (Phi) is 9.16. The maximum atomic E-state index is 13.4. The summed E-state index contributed by atoms with van der Waals surface area (Å²) in [5.74, 6) is -3.48. The number of carbonyl (C=O) groups excluding carboxylic acids is 1. The van der Waals surface area contributed by atoms with Crippen molar-refractivity contribution in [2.24, 2.45) is 5.92 Å². The summed E-state index contributed by atoms with van der Waals surface area (Å²) in [6.45, 7) is 5.85. The van der Waals surface area contributed by atoms with Crippen LogP contribution in [0.2, 0.25) is 0 Å². The van der Waals surface area contributed by atoms with E-state index in [-0.39, 0.29) is 23.9 Å². The minimum absolute atomic E-state index is 0.0519. The summed E-state index contributed by atoms with van der Waals surface area (Å²) in [5.41, 5.74) is 2.76. The number of fused-ring (bicyclic) bond motifs is 1. The van der Waals surface area contributed by atoms with E-state index in [9.17, 15) is 18.0 Å². The average molecular weight is 439 g/mol. The number of halogens is 3. The van der Waals surface area contributed by atoms with E-state index in [2.05, 4.69) is 19.0 Å². The molecule has 0 spiro atoms. The van der Waals surface area contributed by atoms with E-state index in [1.165, 1.54) is 11.7 Å². The molecule has 0 fully saturated rings. The van der Waals surface area contributed by atoms with Crippen LogP contribution in [0.3, 0.4) is 0 Å². The van der Waals surface area contributed by atoms with E-state index < -0.39 is 17.5 Å². The molecule has 0 radical (unpaired) electrons. The SMILES string of the molecule is CCCC(CCC)C(=O)NCc1cc(F)c(F)cc1F.Cc1ccnc2nsnc12. The Morgan fingerprint density at radius 3 is 2.37 bits per heavy atom. The normalized spacial score (nSPS) is 10.8. The van der Waals surface area contributed by atoms with Gasteiger partial charge in [0.2, 0.25) is 5.91 Å². The van der Waals surface area contributed by atoms with Crippen molar-refractivity contribution in [2.75, 3.05) is 0 Å². The van der Waals surface area contributed by atoms with E-state index in [0.29, 0.717) is 6.07 Å². The van der Waals surface area contributed by atoms with Gasteiger partial charge in [-0.3, -0.25) is 4.79 Å². The zero-order valence-corrected chi connectivity index (χ0v) is 18.0. The highest BCUT2D eigenvalue weighted by molar-refractivity contribution is 7.00. The zero-order valence-electron chi connectivity index (χ0n) is 17.2. The fraction of sp³-hybridized carbons (Fsp3) is 0.429. The number of benzene rings is 1. The van der Waals surface area contributed by atoms with E-state index in [1.807, 2.05) is 26.8 Å². The number of carbonyl (C=O) groups is 1. The molecule has 1 amide bonds. The van der Waals surface area contributed by atoms with Gasteiger partial charge in [0.05, 0.1) is 11.7 Å². The molecule has 0 aliphatic carbocycles. The van der Waals surface area contributed by atoms with Crippen LogP contribution in [-0.2, 0) is 11.3 Å². The van der Waals surface area contributed by atoms with Gasteiger partial charge in [0, 0.05) is 30.3 Å². The van der Waals surface area contributed by atoms with Gasteiger partial charge in [-0.05, 0) is 37.5 Å². The van der Waals surface area contributed by atoms with E-state index in [4.69, 9.17) is 0 Å². The lowest BCUT2D eigenvalue weighted by molar-refractivity contribution is -0.125. The lowest BCUT2D eigenvalue weighted by Gasteiger charge is -2.15. The van der Waals surface area contributed by atoms with Gasteiger partial charge < -0.3 is 5.32 Å². The number of nitrogens with zero attached hydrogens (tertiary/aromatic N) is 3. The van der Waals surface area contributed by atoms with Crippen LogP contribution in [0, 0.1) is 30.3 Å². The molecule has 5 nitrogen and oxygen atoms in total. The number of hydrogen-bond donors (Lipinski definition) is 1. The lowest BCUT2D eigenvalue weighted by atomic mass is 9.97. The molecule has 0 atom stereocenters. The maximum absolute atomic E-state index is 13.4. The van der Waals surface area contributed by atoms with Crippen LogP contribution in [-0.4, -0.2) is 19.6 Å². The highest BCUT2D eigenvalue weighted by atomic mass is 32.1. The molecule has 9 heteroatoms. The van der Waals surface area contributed by atoms with Gasteiger partial charge in [-0.25, -0.2) is 18.2 Å². The molecule has 1 aromatic carbocycles. The molecule has 1 N–H and O–H groups in total. The van der Waals surface area contributed by atoms with Gasteiger partial charge >= 0.3 is 0 Å². The number of nitrogens with one attached hydrogen (secondary N) is 1. The van der Waals surface area contributed by atoms with Gasteiger partial charge in [0.25, 0.3) is 0 Å². The summed E-state index contributed by atoms with van der Waals surface area (Å²) in [4.78, 5) is 16.0. The Bertz CT molecular complexity index is 974. The quantitative estimate of drug-likeness (QED) is 0.506. The zero-order chi connectivity index (χ0) is 22.1. The lowest BCUT2D eigenvalue weighted by Crippen LogP contribution is -2.30. The summed E-state index contributed by atoms with van der Waals surface area (Å²) in [6.07, 6.45) is 5.05. The second-order valence-electron chi connectivity index (χ2n) is 6.91. The van der Waals surface area contributed by atoms with Crippen LogP contribution in [0.1, 0.15) is 50.7 Å². The van der Waals surface area contributed by atoms with Crippen molar-refractivity contribution in [3.8, 4) is 0 Å². The first-order valence-electron chi connectivity index (χ1n) is 9.82. The Morgan fingerprint density at radius 1 is 1.07 bits per heavy atom. The summed E-state index contributed by atoms with van der Waals surface area (Å²) in [7, 11) is 0. The third-order valence-electron chi connectivity index (χ3n) is 4.55. The molecule has 0 aliphatic rings. The van der Waals surface area contributed by atoms with Gasteiger partial charge in [0.15, 0.2) is 17.3 Å². The van der Waals surface area contributed by atoms with Crippen LogP contribution in [0.4, 0.5) is 13.2 Å². The second kappa shape index (κ2) is 11.6. The standard InChI is InChI=1S/C15H20F3NO.C6H5N3S/c1-3-5-10(6-4-2)15(20)19-9-11-7-13(17)14(18)8-12(11)16;1-4-2-3-7-6-5(4)8-10-9-6/h7-8,10H,3-6,9H2,1-2H3,(H,19,20);2-3H,1H3. The third kappa shape index (κ3) is 6.48. The van der Waals surface area contributed by atoms with Crippen molar-refractivity contribution in [3.63, 3.8) is 0 Å². The smallest absolute Gasteiger partial charge is 0.223 e. The topological polar surface area (TPSA) is 67.8 Å². The fourth-order valence-electron chi connectivity index (χ4n) is 2.94. The fourth-order valence-corrected chi connectivity index (χ4v) is 3.50. The summed E-state index contributed by atoms with van der Waals surface area (Å²) >= 11 is 1.20. The minimum Gasteiger partial charge on any atom is -0.352 e. The molecule has 0 bridgehead atoms. The predicted octanol–water partition coefficient (Wildman–Crippen LogP) is 5.33. The Hall–Kier alpha value is -2.55. The van der Waals surface area contributed by atoms with Gasteiger partial charge in [-0.15, -0.1) is 0 Å². The minimum atomic E-state index is -1.23. The van der Waals surface area contributed by atoms with Crippen LogP contribution in [0.5, 0.6) is 0 Å². The summed E-state index contributed by atoms with van der Waals surface area (Å²) in [6, 6.07) is 3.20. The highest BCUT2D eigenvalue weighted by Crippen LogP contribution is 2.16. The van der Waals surface area contributed by atoms with E-state index in [0.717, 1.165) is 48.5 Å². The average Bonchev–Trinajstić information content (AvgIpc) is 3.20. The molecule has 0 saturated heterocycles. The van der Waals surface area contributed by atoms with Gasteiger partial charge in [-0.2, -0.15) is 8.75 Å². The molecule has 0 saturated carbocycles. The first kappa shape index (κ1) is 23.7. The molecule has 162 valence electrons. The third-order valence-corrected chi connectivity index (χ3v) is 5.07. The van der Waals surface area contributed by atoms with Crippen LogP contribution < -0.4 is 5.32 Å². The Morgan fingerprint density at radius 2 is 1.73 bits per heavy atom. The molecular formula is C21H25F3N4OS. The molecule has 0 aliphatic heterocycles. The number of amides is 1. The number of hydrogen-bond acceptors (Lipinski definition) is 5. The van der Waals surface area contributed by atoms with Crippen LogP contribution in [0.15, 0.2) is 24.4 Å². The van der Waals surface area contributed by atoms with Crippen molar-refractivity contribution in [1.82, 2.24) is 19.0 Å². The van der Waals surface area contributed by atoms with Gasteiger partial charge in [0.1, 0.15) is 11.3 Å². The molecule has 3 aromatic rings. The number of rotatable bonds is 7. The molecule has 30 heavy (non-hydrogen) atoms. The number of aryl methyl sites for hydroxylation is 1. The highest BCUT2D eigenvalue weighted by Gasteiger charge is 2.17. The molecular weight excluding hydrogens is 413 g/mol. The van der Waals surface area contributed by atoms with E-state index >= 15 is 0 Å². The Labute approximate surface area is 178 Å². The number of aromatic nitrogens is 3. The van der Waals surface area contributed by atoms with Crippen LogP contribution in [0.25, 0.3) is 11.2 Å². The van der Waals surface area contributed by atoms with Crippen molar-refractivity contribution < 1.29 is 18.0 Å². The Balaban J connectivity index is 0.000000263. The van der Waals surface area contributed by atoms with Crippen molar-refractivity contribution in [1.29, 1.82) is 0 Å². The van der Waals surface area contributed by atoms with E-state index in [1.54, 1.807) is 6.20 Å². The summed E-state index contributed by atoms with van der Waals surface area (Å²) in [5, 5.41) is 2.59. The van der Waals surface area contributed by atoms with Crippen molar-refractivity contribution in [3.05, 3.63) is 53.0 Å². The van der Waals surface area contributed by atoms with Gasteiger partial charge in [-0.1, -0.05) is 26.7 Å². The van der Waals surface area contributed by atoms with Crippen molar-refractivity contribution >= 4 is 28.8 Å². The number of pyridine rings is 1. The van der Waals surface area contributed by atoms with Crippen molar-refractivity contribution in [2.45, 2.75) is 53.0 Å². The first-order valence-corrected chi connectivity index (χ1v) is 10.5. The first-order chi connectivity index (χ1) is 14.4. The monoisotopic (exact) mass is 438 g/mol. The molecule has 2 heterocycles. The largest absolute Gasteiger partial charge is 0.352 e. The summed E-state index contributed by atoms with van der Waals surface area (Å²) < 4.78 is 47.3. The molecule has 0 unspecified atom stereocenters.